The number of carbonyl (C=O) groups is 10. The smallest absolute Gasteiger partial charge is 0.317 e. The molecule has 2 unspecified atom stereocenters. The second-order valence-corrected chi connectivity index (χ2v) is 31.5. The number of fused-ring (bicyclic) bond motifs is 4. The second kappa shape index (κ2) is 37.2. The van der Waals surface area contributed by atoms with Gasteiger partial charge in [0.15, 0.2) is 11.3 Å². The summed E-state index contributed by atoms with van der Waals surface area (Å²) in [5.74, 6) is -2.08. The average molecular weight is 1670 g/mol. The summed E-state index contributed by atoms with van der Waals surface area (Å²) >= 11 is 0. The standard InChI is InChI=1S/C44H46FN11O5.C27H28FN7O2.C17H20N4O4/c45-29-7-3-6-28(24-29)34-9-5-19-54(34)39-15-14-37-48-26-36(56(37)51-39)33-8-4-10-38(49-33)53-22-20-52(21-23-53)27-41(58)47-18-2-1-17-46-30-11-12-31-32(25-30)44(61)55(43(31)60)35-13-16-40(57)50-42(35)59;28-20-5-1-4-19(16-20)22-7-3-11-34(22)26-10-9-24-29-17-23(35(24)31-26)21-6-2-8-25(30-21)33-14-12-32(13-15-33)18-27(36)37;18-7-1-2-8-19-10-3-4-11-12(9-10)17(25)21(16(11)24)13-5-6-14(22)20-15(13)23/h3-4,6-8,10-12,14-15,24-26,34-35,46H,1-2,5,9,13,16-23,27H2,(H,47,58)(H,50,57,59);1-2,4-6,8-10,16-17,22H,3,7,11-15,18H2,(H,36,37);3-4,9,13,19H,1-2,5-8,18H2,(H,20,22,23)/t34-,35?;22-;/m11./s1. The molecule has 18 rings (SSSR count). The summed E-state index contributed by atoms with van der Waals surface area (Å²) in [6.45, 7) is 10.2. The van der Waals surface area contributed by atoms with E-state index in [1.807, 2.05) is 86.7 Å². The Morgan fingerprint density at radius 2 is 0.894 bits per heavy atom. The lowest BCUT2D eigenvalue weighted by Gasteiger charge is -2.35. The maximum absolute atomic E-state index is 14.1. The van der Waals surface area contributed by atoms with Gasteiger partial charge in [-0.2, -0.15) is 0 Å². The minimum absolute atomic E-state index is 0.0282. The zero-order chi connectivity index (χ0) is 85.4. The molecule has 9 amide bonds. The fourth-order valence-corrected chi connectivity index (χ4v) is 17.2. The predicted octanol–water partition coefficient (Wildman–Crippen LogP) is 7.52. The normalized spacial score (nSPS) is 19.3. The summed E-state index contributed by atoms with van der Waals surface area (Å²) < 4.78 is 31.7. The van der Waals surface area contributed by atoms with Crippen molar-refractivity contribution in [1.29, 1.82) is 0 Å². The van der Waals surface area contributed by atoms with Crippen LogP contribution in [0.5, 0.6) is 0 Å². The van der Waals surface area contributed by atoms with Gasteiger partial charge in [0.2, 0.25) is 29.5 Å². The zero-order valence-corrected chi connectivity index (χ0v) is 67.6. The molecular formula is C88H94F2N22O11. The van der Waals surface area contributed by atoms with Gasteiger partial charge in [0.1, 0.15) is 58.4 Å². The monoisotopic (exact) mass is 1670 g/mol. The van der Waals surface area contributed by atoms with Gasteiger partial charge in [0.25, 0.3) is 23.6 Å². The minimum atomic E-state index is -1.00. The number of anilines is 6. The number of carbonyl (C=O) groups excluding carboxylic acids is 9. The number of nitrogens with zero attached hydrogens (tertiary/aromatic N) is 16. The van der Waals surface area contributed by atoms with E-state index < -0.39 is 59.4 Å². The molecule has 0 radical (unpaired) electrons. The predicted molar refractivity (Wildman–Crippen MR) is 453 cm³/mol. The van der Waals surface area contributed by atoms with Crippen LogP contribution in [-0.4, -0.2) is 240 Å². The van der Waals surface area contributed by atoms with Crippen LogP contribution in [0, 0.1) is 11.6 Å². The van der Waals surface area contributed by atoms with Crippen molar-refractivity contribution in [3.8, 4) is 22.8 Å². The van der Waals surface area contributed by atoms with Gasteiger partial charge in [-0.3, -0.25) is 78.2 Å². The molecule has 10 aromatic rings. The third kappa shape index (κ3) is 18.5. The van der Waals surface area contributed by atoms with Crippen LogP contribution in [-0.2, 0) is 28.8 Å². The number of amides is 9. The minimum Gasteiger partial charge on any atom is -0.480 e. The molecule has 14 heterocycles. The number of carboxylic acids is 1. The molecule has 35 heteroatoms. The van der Waals surface area contributed by atoms with E-state index in [0.29, 0.717) is 63.7 Å². The largest absolute Gasteiger partial charge is 0.480 e. The summed E-state index contributed by atoms with van der Waals surface area (Å²) in [5.41, 5.74) is 14.3. The van der Waals surface area contributed by atoms with Crippen LogP contribution in [0.1, 0.15) is 142 Å². The lowest BCUT2D eigenvalue weighted by Crippen LogP contribution is -2.54. The van der Waals surface area contributed by atoms with E-state index >= 15 is 0 Å². The highest BCUT2D eigenvalue weighted by Crippen LogP contribution is 2.39. The number of hydrogen-bond donors (Lipinski definition) is 7. The quantitative estimate of drug-likeness (QED) is 0.0215. The van der Waals surface area contributed by atoms with Crippen LogP contribution >= 0.6 is 0 Å². The van der Waals surface area contributed by atoms with Gasteiger partial charge in [0.05, 0.1) is 71.2 Å². The first kappa shape index (κ1) is 83.1. The number of aliphatic carboxylic acids is 1. The molecule has 8 aliphatic rings. The van der Waals surface area contributed by atoms with Crippen LogP contribution in [0.2, 0.25) is 0 Å². The van der Waals surface area contributed by atoms with Crippen molar-refractivity contribution in [3.63, 3.8) is 0 Å². The van der Waals surface area contributed by atoms with E-state index in [-0.39, 0.29) is 90.0 Å². The SMILES string of the molecule is NCCCCNc1ccc2c(c1)C(=O)N(C1CCC(=O)NC1=O)C2=O.O=C(CN1CCN(c2cccc(-c3cnc4ccc(N5CCC[C@@H]5c5cccc(F)c5)nn34)n2)CC1)NCCCCNc1ccc2c(c1)C(=O)N(C1CCC(=O)NC1=O)C2=O.O=C(O)CN1CCN(c2cccc(-c3cnc4ccc(N5CCC[C@@H]5c5cccc(F)c5)nn34)n2)CC1. The number of aromatic nitrogens is 8. The topological polar surface area (TPSA) is 389 Å². The van der Waals surface area contributed by atoms with Crippen molar-refractivity contribution >= 4 is 105 Å². The number of piperidine rings is 2. The molecule has 8 N–H and O–H groups in total. The van der Waals surface area contributed by atoms with E-state index in [0.717, 1.165) is 175 Å². The molecule has 8 aliphatic heterocycles. The molecule has 4 aromatic carbocycles. The van der Waals surface area contributed by atoms with Crippen molar-refractivity contribution in [3.05, 3.63) is 203 Å². The number of carboxylic acid groups (broad SMARTS) is 1. The number of imidazole rings is 2. The van der Waals surface area contributed by atoms with E-state index in [9.17, 15) is 56.7 Å². The number of benzene rings is 4. The van der Waals surface area contributed by atoms with Gasteiger partial charge in [-0.25, -0.2) is 37.7 Å². The first-order valence-electron chi connectivity index (χ1n) is 41.8. The molecule has 0 spiro atoms. The van der Waals surface area contributed by atoms with Crippen LogP contribution < -0.4 is 51.9 Å². The summed E-state index contributed by atoms with van der Waals surface area (Å²) in [7, 11) is 0. The van der Waals surface area contributed by atoms with Crippen LogP contribution in [0.3, 0.4) is 0 Å². The lowest BCUT2D eigenvalue weighted by molar-refractivity contribution is -0.139. The van der Waals surface area contributed by atoms with Gasteiger partial charge in [-0.1, -0.05) is 36.4 Å². The summed E-state index contributed by atoms with van der Waals surface area (Å²) in [4.78, 5) is 156. The number of imide groups is 4. The number of nitrogens with one attached hydrogen (secondary N) is 5. The number of nitrogens with two attached hydrogens (primary N) is 1. The molecule has 4 atom stereocenters. The number of hydrogen-bond acceptors (Lipinski definition) is 25. The Morgan fingerprint density at radius 3 is 1.34 bits per heavy atom. The second-order valence-electron chi connectivity index (χ2n) is 31.5. The van der Waals surface area contributed by atoms with E-state index in [2.05, 4.69) is 61.1 Å². The molecule has 33 nitrogen and oxygen atoms in total. The van der Waals surface area contributed by atoms with Gasteiger partial charge in [0, 0.05) is 109 Å². The molecule has 6 aromatic heterocycles. The molecular weight excluding hydrogens is 1580 g/mol. The highest BCUT2D eigenvalue weighted by molar-refractivity contribution is 6.25. The highest BCUT2D eigenvalue weighted by Gasteiger charge is 2.47. The number of halogens is 2. The molecule has 0 saturated carbocycles. The Labute approximate surface area is 706 Å². The first-order valence-corrected chi connectivity index (χ1v) is 41.8. The van der Waals surface area contributed by atoms with Crippen LogP contribution in [0.25, 0.3) is 34.1 Å². The van der Waals surface area contributed by atoms with Gasteiger partial charge >= 0.3 is 5.97 Å². The van der Waals surface area contributed by atoms with Crippen molar-refractivity contribution < 1.29 is 61.8 Å². The van der Waals surface area contributed by atoms with E-state index in [1.165, 1.54) is 12.1 Å². The Hall–Kier alpha value is -13.5. The first-order chi connectivity index (χ1) is 59.8. The average Bonchev–Trinajstić information content (AvgIpc) is 1.60. The van der Waals surface area contributed by atoms with Gasteiger partial charge in [-0.15, -0.1) is 10.2 Å². The Kier molecular flexibility index (Phi) is 25.1. The van der Waals surface area contributed by atoms with Crippen molar-refractivity contribution in [1.82, 2.24) is 74.7 Å². The number of rotatable bonds is 25. The number of piperazine rings is 2. The molecule has 6 fully saturated rings. The Morgan fingerprint density at radius 1 is 0.455 bits per heavy atom. The number of pyridine rings is 2. The molecule has 6 saturated heterocycles. The molecule has 0 aliphatic carbocycles. The maximum atomic E-state index is 14.1. The zero-order valence-electron chi connectivity index (χ0n) is 67.6. The lowest BCUT2D eigenvalue weighted by atomic mass is 10.0. The van der Waals surface area contributed by atoms with Crippen LogP contribution in [0.4, 0.5) is 43.4 Å². The van der Waals surface area contributed by atoms with E-state index in [1.54, 1.807) is 73.1 Å². The number of unbranched alkanes of at least 4 members (excludes halogenated alkanes) is 2. The van der Waals surface area contributed by atoms with Crippen molar-refractivity contribution in [2.45, 2.75) is 101 Å². The molecule has 0 bridgehead atoms. The van der Waals surface area contributed by atoms with Crippen molar-refractivity contribution in [2.24, 2.45) is 5.73 Å². The fraction of sp³-hybridized carbons (Fsp3) is 0.364. The van der Waals surface area contributed by atoms with Crippen LogP contribution in [0.15, 0.2) is 158 Å². The maximum Gasteiger partial charge on any atom is 0.317 e. The summed E-state index contributed by atoms with van der Waals surface area (Å²) in [6.07, 6.45) is 11.2. The highest BCUT2D eigenvalue weighted by atomic mass is 19.1. The fourth-order valence-electron chi connectivity index (χ4n) is 17.2. The van der Waals surface area contributed by atoms with E-state index in [4.69, 9.17) is 31.0 Å². The summed E-state index contributed by atoms with van der Waals surface area (Å²) in [5, 5.41) is 32.9. The van der Waals surface area contributed by atoms with Gasteiger partial charge < -0.3 is 46.4 Å². The third-order valence-corrected chi connectivity index (χ3v) is 23.5. The Balaban J connectivity index is 0.000000152. The molecule has 123 heavy (non-hydrogen) atoms. The van der Waals surface area contributed by atoms with Crippen molar-refractivity contribution in [2.75, 3.05) is 135 Å². The Bertz CT molecular complexity index is 5710. The van der Waals surface area contributed by atoms with Gasteiger partial charge in [-0.05, 0) is 191 Å². The third-order valence-electron chi connectivity index (χ3n) is 23.5. The molecule has 636 valence electrons. The summed E-state index contributed by atoms with van der Waals surface area (Å²) in [6, 6.07) is 41.4.